The molecule has 0 aromatic heterocycles. The van der Waals surface area contributed by atoms with Gasteiger partial charge in [0.2, 0.25) is 0 Å². The minimum Gasteiger partial charge on any atom is -0.493 e. The van der Waals surface area contributed by atoms with Crippen molar-refractivity contribution in [2.75, 3.05) is 18.5 Å². The molecule has 1 N–H and O–H groups in total. The summed E-state index contributed by atoms with van der Waals surface area (Å²) in [6.45, 7) is 9.39. The van der Waals surface area contributed by atoms with Crippen LogP contribution in [0.15, 0.2) is 30.9 Å². The average Bonchev–Trinajstić information content (AvgIpc) is 2.80. The summed E-state index contributed by atoms with van der Waals surface area (Å²) in [5.74, 6) is 3.61. The predicted octanol–water partition coefficient (Wildman–Crippen LogP) is 7.91. The molecule has 32 heavy (non-hydrogen) atoms. The summed E-state index contributed by atoms with van der Waals surface area (Å²) in [6.07, 6.45) is 15.3. The van der Waals surface area contributed by atoms with E-state index in [1.54, 1.807) is 0 Å². The van der Waals surface area contributed by atoms with Crippen LogP contribution in [0.4, 0.5) is 10.5 Å². The van der Waals surface area contributed by atoms with Crippen molar-refractivity contribution in [1.82, 2.24) is 0 Å². The zero-order valence-electron chi connectivity index (χ0n) is 20.2. The summed E-state index contributed by atoms with van der Waals surface area (Å²) in [7, 11) is 0. The quantitative estimate of drug-likeness (QED) is 0.375. The van der Waals surface area contributed by atoms with Gasteiger partial charge in [-0.15, -0.1) is 6.58 Å². The molecule has 1 amide bonds. The van der Waals surface area contributed by atoms with Gasteiger partial charge in [0.15, 0.2) is 0 Å². The Kier molecular flexibility index (Phi) is 9.95. The number of aryl methyl sites for hydroxylation is 1. The fourth-order valence-electron chi connectivity index (χ4n) is 5.34. The standard InChI is InChI=1S/C28H43NO3/c1-4-6-22-9-13-24(14-10-22)19-31-26-17-8-21(3)27(18-26)29-28(30)32-20-25-15-11-23(7-5-2)12-16-25/h4,8,17-18,22-25H,1,5-7,9-16,19-20H2,2-3H3,(H,29,30). The third kappa shape index (κ3) is 7.86. The third-order valence-corrected chi connectivity index (χ3v) is 7.51. The number of nitrogens with one attached hydrogen (secondary N) is 1. The van der Waals surface area contributed by atoms with E-state index in [1.165, 1.54) is 64.2 Å². The van der Waals surface area contributed by atoms with Gasteiger partial charge in [-0.2, -0.15) is 0 Å². The van der Waals surface area contributed by atoms with E-state index in [-0.39, 0.29) is 6.09 Å². The molecule has 2 aliphatic rings. The maximum atomic E-state index is 12.4. The molecule has 0 unspecified atom stereocenters. The second-order valence-corrected chi connectivity index (χ2v) is 10.1. The molecular weight excluding hydrogens is 398 g/mol. The number of amides is 1. The summed E-state index contributed by atoms with van der Waals surface area (Å²) >= 11 is 0. The first-order valence-corrected chi connectivity index (χ1v) is 12.9. The molecule has 178 valence electrons. The Bertz CT molecular complexity index is 715. The van der Waals surface area contributed by atoms with Crippen molar-refractivity contribution in [3.8, 4) is 5.75 Å². The van der Waals surface area contributed by atoms with Crippen molar-refractivity contribution in [3.05, 3.63) is 36.4 Å². The van der Waals surface area contributed by atoms with E-state index in [0.29, 0.717) is 18.4 Å². The molecular formula is C28H43NO3. The first-order chi connectivity index (χ1) is 15.6. The second kappa shape index (κ2) is 12.9. The van der Waals surface area contributed by atoms with Crippen LogP contribution in [0.5, 0.6) is 5.75 Å². The number of anilines is 1. The molecule has 0 radical (unpaired) electrons. The molecule has 4 nitrogen and oxygen atoms in total. The Morgan fingerprint density at radius 3 is 2.28 bits per heavy atom. The van der Waals surface area contributed by atoms with Crippen LogP contribution in [0.25, 0.3) is 0 Å². The molecule has 2 aliphatic carbocycles. The summed E-state index contributed by atoms with van der Waals surface area (Å²) in [5.41, 5.74) is 1.79. The molecule has 0 spiro atoms. The number of ether oxygens (including phenoxy) is 2. The first-order valence-electron chi connectivity index (χ1n) is 12.9. The van der Waals surface area contributed by atoms with Gasteiger partial charge in [-0.1, -0.05) is 44.7 Å². The van der Waals surface area contributed by atoms with Crippen LogP contribution in [0, 0.1) is 30.6 Å². The highest BCUT2D eigenvalue weighted by Crippen LogP contribution is 2.33. The van der Waals surface area contributed by atoms with Crippen LogP contribution in [0.2, 0.25) is 0 Å². The van der Waals surface area contributed by atoms with Crippen molar-refractivity contribution in [3.63, 3.8) is 0 Å². The number of carbonyl (C=O) groups is 1. The molecule has 0 atom stereocenters. The number of benzene rings is 1. The predicted molar refractivity (Wildman–Crippen MR) is 132 cm³/mol. The summed E-state index contributed by atoms with van der Waals surface area (Å²) < 4.78 is 11.7. The highest BCUT2D eigenvalue weighted by atomic mass is 16.5. The number of hydrogen-bond acceptors (Lipinski definition) is 3. The van der Waals surface area contributed by atoms with Gasteiger partial charge in [0.1, 0.15) is 5.75 Å². The van der Waals surface area contributed by atoms with Crippen LogP contribution in [0.3, 0.4) is 0 Å². The Balaban J connectivity index is 1.40. The van der Waals surface area contributed by atoms with Crippen LogP contribution in [-0.4, -0.2) is 19.3 Å². The Morgan fingerprint density at radius 2 is 1.62 bits per heavy atom. The molecule has 1 aromatic rings. The van der Waals surface area contributed by atoms with E-state index >= 15 is 0 Å². The van der Waals surface area contributed by atoms with Crippen molar-refractivity contribution < 1.29 is 14.3 Å². The molecule has 1 aromatic carbocycles. The topological polar surface area (TPSA) is 47.6 Å². The lowest BCUT2D eigenvalue weighted by molar-refractivity contribution is 0.119. The van der Waals surface area contributed by atoms with Gasteiger partial charge in [0, 0.05) is 6.07 Å². The van der Waals surface area contributed by atoms with Crippen molar-refractivity contribution in [2.45, 2.75) is 84.5 Å². The molecule has 2 saturated carbocycles. The normalized spacial score (nSPS) is 25.7. The van der Waals surface area contributed by atoms with E-state index < -0.39 is 0 Å². The lowest BCUT2D eigenvalue weighted by Crippen LogP contribution is -2.23. The van der Waals surface area contributed by atoms with Crippen LogP contribution in [-0.2, 0) is 4.74 Å². The van der Waals surface area contributed by atoms with Gasteiger partial charge in [0.25, 0.3) is 0 Å². The lowest BCUT2D eigenvalue weighted by Gasteiger charge is -2.28. The molecule has 0 bridgehead atoms. The molecule has 4 heteroatoms. The Hall–Kier alpha value is -1.97. The minimum absolute atomic E-state index is 0.360. The summed E-state index contributed by atoms with van der Waals surface area (Å²) in [5, 5.41) is 2.93. The van der Waals surface area contributed by atoms with Gasteiger partial charge >= 0.3 is 6.09 Å². The smallest absolute Gasteiger partial charge is 0.411 e. The van der Waals surface area contributed by atoms with Crippen LogP contribution < -0.4 is 10.1 Å². The van der Waals surface area contributed by atoms with Crippen molar-refractivity contribution >= 4 is 11.8 Å². The van der Waals surface area contributed by atoms with Crippen molar-refractivity contribution in [2.24, 2.45) is 23.7 Å². The fraction of sp³-hybridized carbons (Fsp3) is 0.679. The number of carbonyl (C=O) groups excluding carboxylic acids is 1. The highest BCUT2D eigenvalue weighted by Gasteiger charge is 2.22. The van der Waals surface area contributed by atoms with Gasteiger partial charge in [-0.3, -0.25) is 5.32 Å². The molecule has 0 aliphatic heterocycles. The van der Waals surface area contributed by atoms with E-state index in [1.807, 2.05) is 31.2 Å². The second-order valence-electron chi connectivity index (χ2n) is 10.1. The highest BCUT2D eigenvalue weighted by molar-refractivity contribution is 5.86. The van der Waals surface area contributed by atoms with Gasteiger partial charge in [-0.05, 0) is 87.2 Å². The minimum atomic E-state index is -0.360. The van der Waals surface area contributed by atoms with Crippen LogP contribution >= 0.6 is 0 Å². The molecule has 0 saturated heterocycles. The van der Waals surface area contributed by atoms with Gasteiger partial charge in [-0.25, -0.2) is 4.79 Å². The summed E-state index contributed by atoms with van der Waals surface area (Å²) in [4.78, 5) is 12.4. The lowest BCUT2D eigenvalue weighted by atomic mass is 9.80. The number of hydrogen-bond donors (Lipinski definition) is 1. The largest absolute Gasteiger partial charge is 0.493 e. The first kappa shape index (κ1) is 24.7. The van der Waals surface area contributed by atoms with E-state index in [0.717, 1.165) is 41.9 Å². The van der Waals surface area contributed by atoms with E-state index in [4.69, 9.17) is 9.47 Å². The maximum Gasteiger partial charge on any atom is 0.411 e. The monoisotopic (exact) mass is 441 g/mol. The average molecular weight is 442 g/mol. The molecule has 0 heterocycles. The SMILES string of the molecule is C=CCC1CCC(COc2ccc(C)c(NC(=O)OCC3CCC(CCC)CC3)c2)CC1. The number of allylic oxidation sites excluding steroid dienone is 1. The van der Waals surface area contributed by atoms with Gasteiger partial charge in [0.05, 0.1) is 18.9 Å². The fourth-order valence-corrected chi connectivity index (χ4v) is 5.34. The maximum absolute atomic E-state index is 12.4. The molecule has 3 rings (SSSR count). The van der Waals surface area contributed by atoms with Gasteiger partial charge < -0.3 is 9.47 Å². The zero-order valence-corrected chi connectivity index (χ0v) is 20.2. The Morgan fingerprint density at radius 1 is 1.00 bits per heavy atom. The zero-order chi connectivity index (χ0) is 22.8. The van der Waals surface area contributed by atoms with Crippen LogP contribution in [0.1, 0.15) is 83.1 Å². The molecule has 2 fully saturated rings. The summed E-state index contributed by atoms with van der Waals surface area (Å²) in [6, 6.07) is 5.92. The Labute approximate surface area is 195 Å². The number of rotatable bonds is 10. The van der Waals surface area contributed by atoms with E-state index in [2.05, 4.69) is 18.8 Å². The third-order valence-electron chi connectivity index (χ3n) is 7.51. The van der Waals surface area contributed by atoms with Crippen molar-refractivity contribution in [1.29, 1.82) is 0 Å². The van der Waals surface area contributed by atoms with E-state index in [9.17, 15) is 4.79 Å².